The molecule has 30 heavy (non-hydrogen) atoms. The van der Waals surface area contributed by atoms with E-state index >= 15 is 4.39 Å². The number of benzene rings is 2. The topological polar surface area (TPSA) is 108 Å². The van der Waals surface area contributed by atoms with E-state index in [1.807, 2.05) is 0 Å². The molecule has 7 nitrogen and oxygen atoms in total. The highest BCUT2D eigenvalue weighted by atomic mass is 32.2. The fourth-order valence-electron chi connectivity index (χ4n) is 3.17. The predicted octanol–water partition coefficient (Wildman–Crippen LogP) is 2.79. The normalized spacial score (nSPS) is 11.6. The third kappa shape index (κ3) is 3.71. The van der Waals surface area contributed by atoms with Crippen molar-refractivity contribution in [1.29, 1.82) is 0 Å². The van der Waals surface area contributed by atoms with Crippen molar-refractivity contribution in [3.63, 3.8) is 0 Å². The molecule has 0 unspecified atom stereocenters. The van der Waals surface area contributed by atoms with Crippen LogP contribution in [0.5, 0.6) is 0 Å². The van der Waals surface area contributed by atoms with E-state index in [4.69, 9.17) is 9.88 Å². The molecular weight excluding hydrogens is 418 g/mol. The fourth-order valence-corrected chi connectivity index (χ4v) is 3.68. The number of hydrogen-bond acceptors (Lipinski definition) is 5. The van der Waals surface area contributed by atoms with Crippen molar-refractivity contribution < 1.29 is 26.7 Å². The minimum Gasteiger partial charge on any atom is -0.462 e. The summed E-state index contributed by atoms with van der Waals surface area (Å²) in [5.41, 5.74) is -1.72. The van der Waals surface area contributed by atoms with Crippen molar-refractivity contribution in [3.8, 4) is 11.1 Å². The van der Waals surface area contributed by atoms with Crippen LogP contribution in [0.2, 0.25) is 0 Å². The van der Waals surface area contributed by atoms with Gasteiger partial charge in [0.05, 0.1) is 28.0 Å². The molecule has 0 spiro atoms. The molecule has 0 fully saturated rings. The molecule has 0 bridgehead atoms. The van der Waals surface area contributed by atoms with E-state index in [9.17, 15) is 22.4 Å². The number of fused-ring (bicyclic) bond motifs is 1. The van der Waals surface area contributed by atoms with Gasteiger partial charge in [0.1, 0.15) is 11.4 Å². The van der Waals surface area contributed by atoms with Gasteiger partial charge in [-0.15, -0.1) is 0 Å². The van der Waals surface area contributed by atoms with Crippen molar-refractivity contribution in [2.75, 3.05) is 6.61 Å². The first-order valence-electron chi connectivity index (χ1n) is 8.95. The maximum atomic E-state index is 15.4. The number of hydrogen-bond donors (Lipinski definition) is 1. The van der Waals surface area contributed by atoms with Gasteiger partial charge < -0.3 is 9.30 Å². The van der Waals surface area contributed by atoms with Crippen LogP contribution in [0.4, 0.5) is 8.78 Å². The highest BCUT2D eigenvalue weighted by molar-refractivity contribution is 7.89. The van der Waals surface area contributed by atoms with E-state index in [0.29, 0.717) is 0 Å². The summed E-state index contributed by atoms with van der Waals surface area (Å²) in [6.45, 7) is 3.47. The summed E-state index contributed by atoms with van der Waals surface area (Å²) >= 11 is 0. The van der Waals surface area contributed by atoms with Crippen molar-refractivity contribution in [2.45, 2.75) is 25.3 Å². The van der Waals surface area contributed by atoms with E-state index < -0.39 is 38.6 Å². The van der Waals surface area contributed by atoms with Crippen LogP contribution in [-0.4, -0.2) is 25.6 Å². The van der Waals surface area contributed by atoms with Gasteiger partial charge in [-0.1, -0.05) is 12.1 Å². The van der Waals surface area contributed by atoms with Gasteiger partial charge in [-0.3, -0.25) is 4.79 Å². The Morgan fingerprint density at radius 1 is 1.17 bits per heavy atom. The molecule has 0 aliphatic heterocycles. The number of sulfonamides is 1. The third-order valence-corrected chi connectivity index (χ3v) is 5.49. The van der Waals surface area contributed by atoms with Gasteiger partial charge in [-0.25, -0.2) is 27.1 Å². The number of nitrogens with two attached hydrogens (primary N) is 1. The zero-order chi connectivity index (χ0) is 22.2. The van der Waals surface area contributed by atoms with Gasteiger partial charge in [0.15, 0.2) is 5.82 Å². The molecule has 158 valence electrons. The minimum atomic E-state index is -3.97. The molecule has 1 heterocycles. The lowest BCUT2D eigenvalue weighted by atomic mass is 10.0. The van der Waals surface area contributed by atoms with Crippen LogP contribution >= 0.6 is 0 Å². The molecule has 0 aliphatic carbocycles. The van der Waals surface area contributed by atoms with Crippen molar-refractivity contribution >= 4 is 26.9 Å². The van der Waals surface area contributed by atoms with Gasteiger partial charge in [0, 0.05) is 12.7 Å². The number of rotatable bonds is 5. The minimum absolute atomic E-state index is 0.0403. The van der Waals surface area contributed by atoms with E-state index in [1.54, 1.807) is 13.8 Å². The fraction of sp³-hybridized carbons (Fsp3) is 0.200. The summed E-state index contributed by atoms with van der Waals surface area (Å²) < 4.78 is 59.2. The second-order valence-corrected chi connectivity index (χ2v) is 7.95. The Kier molecular flexibility index (Phi) is 5.73. The maximum absolute atomic E-state index is 15.4. The Bertz CT molecular complexity index is 1320. The van der Waals surface area contributed by atoms with Crippen LogP contribution in [0.3, 0.4) is 0 Å². The molecule has 1 aromatic heterocycles. The number of nitrogens with zero attached hydrogens (tertiary/aromatic N) is 1. The smallest absolute Gasteiger partial charge is 0.343 e. The predicted molar refractivity (Wildman–Crippen MR) is 107 cm³/mol. The summed E-state index contributed by atoms with van der Waals surface area (Å²) in [7, 11) is -3.97. The number of carbonyl (C=O) groups excluding carboxylic acids is 1. The number of ether oxygens (including phenoxy) is 1. The Morgan fingerprint density at radius 3 is 2.33 bits per heavy atom. The number of primary sulfonamides is 1. The highest BCUT2D eigenvalue weighted by Crippen LogP contribution is 2.32. The molecule has 0 saturated carbocycles. The number of carbonyl (C=O) groups is 1. The summed E-state index contributed by atoms with van der Waals surface area (Å²) in [6.07, 6.45) is 1.18. The molecule has 0 amide bonds. The van der Waals surface area contributed by atoms with Crippen molar-refractivity contribution in [1.82, 2.24) is 4.57 Å². The van der Waals surface area contributed by atoms with Crippen LogP contribution in [0, 0.1) is 11.6 Å². The highest BCUT2D eigenvalue weighted by Gasteiger charge is 2.23. The number of halogens is 2. The SMILES string of the molecule is CCOC(=O)c1cn(CC)c2c(F)c(-c3ccc(S(N)(=O)=O)cc3)c(F)cc2c1=O. The van der Waals surface area contributed by atoms with Gasteiger partial charge in [0.2, 0.25) is 15.5 Å². The third-order valence-electron chi connectivity index (χ3n) is 4.56. The molecule has 3 aromatic rings. The second-order valence-electron chi connectivity index (χ2n) is 6.39. The van der Waals surface area contributed by atoms with E-state index in [-0.39, 0.29) is 40.1 Å². The summed E-state index contributed by atoms with van der Waals surface area (Å²) in [4.78, 5) is 24.5. The summed E-state index contributed by atoms with van der Waals surface area (Å²) in [5.74, 6) is -2.93. The van der Waals surface area contributed by atoms with E-state index in [0.717, 1.165) is 18.2 Å². The average molecular weight is 436 g/mol. The molecule has 0 radical (unpaired) electrons. The Balaban J connectivity index is 2.31. The number of aryl methyl sites for hydroxylation is 1. The number of pyridine rings is 1. The van der Waals surface area contributed by atoms with Crippen LogP contribution in [0.15, 0.2) is 46.2 Å². The average Bonchev–Trinajstić information content (AvgIpc) is 2.68. The van der Waals surface area contributed by atoms with Crippen LogP contribution in [0.1, 0.15) is 24.2 Å². The van der Waals surface area contributed by atoms with Gasteiger partial charge in [0.25, 0.3) is 0 Å². The zero-order valence-electron chi connectivity index (χ0n) is 16.1. The first-order chi connectivity index (χ1) is 14.1. The molecular formula is C20H18F2N2O5S. The molecule has 0 saturated heterocycles. The second kappa shape index (κ2) is 7.96. The molecule has 10 heteroatoms. The standard InChI is InChI=1S/C20H18F2N2O5S/c1-3-24-10-14(20(26)29-4-2)19(25)13-9-15(21)16(17(22)18(13)24)11-5-7-12(8-6-11)30(23,27)28/h5-10H,3-4H2,1-2H3,(H2,23,27,28). The first-order valence-corrected chi connectivity index (χ1v) is 10.5. The lowest BCUT2D eigenvalue weighted by molar-refractivity contribution is 0.0524. The lowest BCUT2D eigenvalue weighted by Gasteiger charge is -2.15. The van der Waals surface area contributed by atoms with Gasteiger partial charge in [-0.05, 0) is 37.6 Å². The van der Waals surface area contributed by atoms with E-state index in [1.165, 1.54) is 22.9 Å². The van der Waals surface area contributed by atoms with Crippen LogP contribution < -0.4 is 10.6 Å². The molecule has 0 atom stereocenters. The summed E-state index contributed by atoms with van der Waals surface area (Å²) in [6, 6.07) is 5.55. The summed E-state index contributed by atoms with van der Waals surface area (Å²) in [5, 5.41) is 4.74. The first kappa shape index (κ1) is 21.6. The van der Waals surface area contributed by atoms with Gasteiger partial charge >= 0.3 is 5.97 Å². The maximum Gasteiger partial charge on any atom is 0.343 e. The molecule has 3 rings (SSSR count). The molecule has 2 N–H and O–H groups in total. The molecule has 2 aromatic carbocycles. The van der Waals surface area contributed by atoms with Gasteiger partial charge in [-0.2, -0.15) is 0 Å². The van der Waals surface area contributed by atoms with E-state index in [2.05, 4.69) is 0 Å². The quantitative estimate of drug-likeness (QED) is 0.619. The zero-order valence-corrected chi connectivity index (χ0v) is 16.9. The lowest BCUT2D eigenvalue weighted by Crippen LogP contribution is -2.21. The Hall–Kier alpha value is -3.11. The van der Waals surface area contributed by atoms with Crippen molar-refractivity contribution in [3.05, 3.63) is 63.9 Å². The number of aromatic nitrogens is 1. The van der Waals surface area contributed by atoms with Crippen LogP contribution in [0.25, 0.3) is 22.0 Å². The number of esters is 1. The Morgan fingerprint density at radius 2 is 1.80 bits per heavy atom. The van der Waals surface area contributed by atoms with Crippen LogP contribution in [-0.2, 0) is 21.3 Å². The van der Waals surface area contributed by atoms with Crippen molar-refractivity contribution in [2.24, 2.45) is 5.14 Å². The monoisotopic (exact) mass is 436 g/mol. The Labute approximate surface area is 170 Å². The molecule has 0 aliphatic rings. The largest absolute Gasteiger partial charge is 0.462 e.